The molecule has 2 aromatic heterocycles. The lowest BCUT2D eigenvalue weighted by Crippen LogP contribution is -2.49. The molecular weight excluding hydrogens is 460 g/mol. The van der Waals surface area contributed by atoms with Gasteiger partial charge in [0.15, 0.2) is 9.84 Å². The number of aromatic nitrogens is 2. The summed E-state index contributed by atoms with van der Waals surface area (Å²) in [5.41, 5.74) is 4.65. The van der Waals surface area contributed by atoms with Crippen LogP contribution in [0.2, 0.25) is 5.02 Å². The second-order valence-corrected chi connectivity index (χ2v) is 11.6. The van der Waals surface area contributed by atoms with E-state index in [2.05, 4.69) is 11.0 Å². The van der Waals surface area contributed by atoms with E-state index in [1.807, 2.05) is 47.9 Å². The number of imidazole rings is 1. The fraction of sp³-hybridized carbons (Fsp3) is 0.417. The van der Waals surface area contributed by atoms with Crippen LogP contribution < -0.4 is 4.90 Å². The third-order valence-corrected chi connectivity index (χ3v) is 8.70. The number of hydrogen-bond acceptors (Lipinski definition) is 5. The van der Waals surface area contributed by atoms with Crippen LogP contribution in [0.5, 0.6) is 0 Å². The van der Waals surface area contributed by atoms with Gasteiger partial charge >= 0.3 is 0 Å². The topological polar surface area (TPSA) is 75.0 Å². The van der Waals surface area contributed by atoms with Crippen molar-refractivity contribution >= 4 is 38.7 Å². The van der Waals surface area contributed by atoms with Gasteiger partial charge in [0.25, 0.3) is 0 Å². The van der Waals surface area contributed by atoms with E-state index in [1.54, 1.807) is 4.90 Å². The second kappa shape index (κ2) is 8.65. The van der Waals surface area contributed by atoms with E-state index in [0.717, 1.165) is 47.7 Å². The molecule has 1 unspecified atom stereocenters. The summed E-state index contributed by atoms with van der Waals surface area (Å²) >= 11 is 6.60. The van der Waals surface area contributed by atoms with Gasteiger partial charge in [-0.3, -0.25) is 4.79 Å². The number of carbonyl (C=O) groups is 1. The molecule has 174 valence electrons. The molecule has 5 rings (SSSR count). The SMILES string of the molecule is Cc1c(-c2cc(N3CCCC(C(=O)N4CCS(=O)(=O)CC4)C3)ccc2Cl)nc2ccccn12. The second-order valence-electron chi connectivity index (χ2n) is 8.90. The summed E-state index contributed by atoms with van der Waals surface area (Å²) in [6.07, 6.45) is 3.73. The van der Waals surface area contributed by atoms with Gasteiger partial charge in [0.2, 0.25) is 5.91 Å². The smallest absolute Gasteiger partial charge is 0.227 e. The van der Waals surface area contributed by atoms with Crippen molar-refractivity contribution < 1.29 is 13.2 Å². The molecule has 1 amide bonds. The van der Waals surface area contributed by atoms with Gasteiger partial charge in [0.1, 0.15) is 5.65 Å². The Hall–Kier alpha value is -2.58. The van der Waals surface area contributed by atoms with Crippen molar-refractivity contribution in [1.82, 2.24) is 14.3 Å². The number of aryl methyl sites for hydroxylation is 1. The maximum Gasteiger partial charge on any atom is 0.227 e. The third-order valence-electron chi connectivity index (χ3n) is 6.77. The number of nitrogens with zero attached hydrogens (tertiary/aromatic N) is 4. The summed E-state index contributed by atoms with van der Waals surface area (Å²) in [4.78, 5) is 21.9. The molecule has 7 nitrogen and oxygen atoms in total. The fourth-order valence-electron chi connectivity index (χ4n) is 4.87. The lowest BCUT2D eigenvalue weighted by Gasteiger charge is -2.37. The highest BCUT2D eigenvalue weighted by atomic mass is 35.5. The number of anilines is 1. The third kappa shape index (κ3) is 4.34. The van der Waals surface area contributed by atoms with E-state index >= 15 is 0 Å². The number of carbonyl (C=O) groups excluding carboxylic acids is 1. The van der Waals surface area contributed by atoms with Crippen molar-refractivity contribution in [3.63, 3.8) is 0 Å². The fourth-order valence-corrected chi connectivity index (χ4v) is 6.28. The van der Waals surface area contributed by atoms with E-state index in [1.165, 1.54) is 0 Å². The van der Waals surface area contributed by atoms with Crippen LogP contribution >= 0.6 is 11.6 Å². The summed E-state index contributed by atoms with van der Waals surface area (Å²) in [5, 5.41) is 0.643. The highest BCUT2D eigenvalue weighted by Crippen LogP contribution is 2.35. The van der Waals surface area contributed by atoms with E-state index in [4.69, 9.17) is 16.6 Å². The van der Waals surface area contributed by atoms with Gasteiger partial charge in [-0.1, -0.05) is 17.7 Å². The van der Waals surface area contributed by atoms with Crippen LogP contribution in [-0.4, -0.2) is 66.3 Å². The highest BCUT2D eigenvalue weighted by molar-refractivity contribution is 7.91. The number of fused-ring (bicyclic) bond motifs is 1. The van der Waals surface area contributed by atoms with Crippen molar-refractivity contribution in [2.45, 2.75) is 19.8 Å². The van der Waals surface area contributed by atoms with Crippen LogP contribution in [0.4, 0.5) is 5.69 Å². The number of hydrogen-bond donors (Lipinski definition) is 0. The number of sulfone groups is 1. The molecule has 2 saturated heterocycles. The van der Waals surface area contributed by atoms with Crippen molar-refractivity contribution in [3.8, 4) is 11.3 Å². The lowest BCUT2D eigenvalue weighted by molar-refractivity contribution is -0.135. The largest absolute Gasteiger partial charge is 0.371 e. The predicted molar refractivity (Wildman–Crippen MR) is 131 cm³/mol. The zero-order chi connectivity index (χ0) is 23.2. The van der Waals surface area contributed by atoms with Crippen LogP contribution in [0.1, 0.15) is 18.5 Å². The van der Waals surface area contributed by atoms with E-state index in [9.17, 15) is 13.2 Å². The molecule has 2 aliphatic rings. The van der Waals surface area contributed by atoms with Gasteiger partial charge < -0.3 is 14.2 Å². The summed E-state index contributed by atoms with van der Waals surface area (Å²) < 4.78 is 25.5. The van der Waals surface area contributed by atoms with Gasteiger partial charge in [-0.05, 0) is 50.1 Å². The van der Waals surface area contributed by atoms with Gasteiger partial charge in [-0.15, -0.1) is 0 Å². The number of halogens is 1. The van der Waals surface area contributed by atoms with E-state index in [-0.39, 0.29) is 23.3 Å². The zero-order valence-electron chi connectivity index (χ0n) is 18.6. The molecule has 0 saturated carbocycles. The van der Waals surface area contributed by atoms with Crippen LogP contribution in [0.3, 0.4) is 0 Å². The van der Waals surface area contributed by atoms with Crippen LogP contribution in [-0.2, 0) is 14.6 Å². The molecule has 0 spiro atoms. The Bertz CT molecular complexity index is 1310. The Morgan fingerprint density at radius 3 is 2.67 bits per heavy atom. The standard InChI is InChI=1S/C24H27ClN4O3S/c1-17-23(26-22-6-2-3-10-29(17)22)20-15-19(7-8-21(20)25)28-9-4-5-18(16-28)24(30)27-11-13-33(31,32)14-12-27/h2-3,6-8,10,15,18H,4-5,9,11-14,16H2,1H3. The minimum absolute atomic E-state index is 0.0636. The average Bonchev–Trinajstić information content (AvgIpc) is 3.15. The molecule has 1 aromatic carbocycles. The van der Waals surface area contributed by atoms with E-state index < -0.39 is 9.84 Å². The molecule has 2 fully saturated rings. The molecule has 2 aliphatic heterocycles. The molecule has 0 radical (unpaired) electrons. The maximum absolute atomic E-state index is 13.1. The monoisotopic (exact) mass is 486 g/mol. The zero-order valence-corrected chi connectivity index (χ0v) is 20.1. The van der Waals surface area contributed by atoms with Crippen LogP contribution in [0.25, 0.3) is 16.9 Å². The summed E-state index contributed by atoms with van der Waals surface area (Å²) in [5.74, 6) is 0.0675. The normalized spacial score (nSPS) is 20.8. The lowest BCUT2D eigenvalue weighted by atomic mass is 9.95. The average molecular weight is 487 g/mol. The molecule has 0 bridgehead atoms. The van der Waals surface area contributed by atoms with Gasteiger partial charge in [0, 0.05) is 49.3 Å². The summed E-state index contributed by atoms with van der Waals surface area (Å²) in [6, 6.07) is 11.9. The quantitative estimate of drug-likeness (QED) is 0.567. The van der Waals surface area contributed by atoms with Gasteiger partial charge in [0.05, 0.1) is 28.1 Å². The first-order valence-corrected chi connectivity index (χ1v) is 13.5. The minimum atomic E-state index is -3.01. The maximum atomic E-state index is 13.1. The Balaban J connectivity index is 1.38. The number of benzene rings is 1. The number of piperidine rings is 1. The van der Waals surface area contributed by atoms with Crippen LogP contribution in [0, 0.1) is 12.8 Å². The van der Waals surface area contributed by atoms with E-state index in [0.29, 0.717) is 24.7 Å². The van der Waals surface area contributed by atoms with Crippen LogP contribution in [0.15, 0.2) is 42.6 Å². The molecule has 4 heterocycles. The highest BCUT2D eigenvalue weighted by Gasteiger charge is 2.32. The molecular formula is C24H27ClN4O3S. The Kier molecular flexibility index (Phi) is 5.82. The Morgan fingerprint density at radius 1 is 1.12 bits per heavy atom. The first-order valence-electron chi connectivity index (χ1n) is 11.3. The molecule has 0 N–H and O–H groups in total. The molecule has 33 heavy (non-hydrogen) atoms. The predicted octanol–water partition coefficient (Wildman–Crippen LogP) is 3.44. The Morgan fingerprint density at radius 2 is 1.91 bits per heavy atom. The minimum Gasteiger partial charge on any atom is -0.371 e. The van der Waals surface area contributed by atoms with Crippen molar-refractivity contribution in [2.75, 3.05) is 42.6 Å². The number of pyridine rings is 1. The number of rotatable bonds is 3. The first-order chi connectivity index (χ1) is 15.8. The Labute approximate surface area is 198 Å². The van der Waals surface area contributed by atoms with Crippen molar-refractivity contribution in [2.24, 2.45) is 5.92 Å². The first kappa shape index (κ1) is 22.2. The summed E-state index contributed by atoms with van der Waals surface area (Å²) in [6.45, 7) is 4.12. The molecule has 0 aliphatic carbocycles. The van der Waals surface area contributed by atoms with Gasteiger partial charge in [-0.25, -0.2) is 13.4 Å². The molecule has 9 heteroatoms. The summed E-state index contributed by atoms with van der Waals surface area (Å²) in [7, 11) is -3.01. The molecule has 1 atom stereocenters. The van der Waals surface area contributed by atoms with Crippen molar-refractivity contribution in [1.29, 1.82) is 0 Å². The van der Waals surface area contributed by atoms with Gasteiger partial charge in [-0.2, -0.15) is 0 Å². The molecule has 3 aromatic rings. The number of amides is 1. The van der Waals surface area contributed by atoms with Crippen molar-refractivity contribution in [3.05, 3.63) is 53.3 Å².